The molecule has 0 saturated carbocycles. The fraction of sp³-hybridized carbons (Fsp3) is 0.333. The van der Waals surface area contributed by atoms with Crippen molar-refractivity contribution in [2.24, 2.45) is 0 Å². The highest BCUT2D eigenvalue weighted by atomic mass is 79.9. The van der Waals surface area contributed by atoms with Crippen LogP contribution in [0.2, 0.25) is 0 Å². The Morgan fingerprint density at radius 3 is 2.20 bits per heavy atom. The minimum Gasteiger partial charge on any atom is -0.507 e. The number of hydrogen-bond donors (Lipinski definition) is 1. The monoisotopic (exact) mass is 470 g/mol. The Morgan fingerprint density at radius 2 is 1.63 bits per heavy atom. The van der Waals surface area contributed by atoms with Gasteiger partial charge in [0.05, 0.1) is 11.6 Å². The molecular weight excluding hydrogens is 444 g/mol. The number of rotatable bonds is 7. The summed E-state index contributed by atoms with van der Waals surface area (Å²) in [6.45, 7) is 8.91. The lowest BCUT2D eigenvalue weighted by Gasteiger charge is -2.28. The molecular formula is C24H27BrN2O3. The van der Waals surface area contributed by atoms with Crippen LogP contribution >= 0.6 is 15.9 Å². The summed E-state index contributed by atoms with van der Waals surface area (Å²) in [6, 6.07) is 14.2. The number of benzene rings is 2. The molecule has 1 aliphatic heterocycles. The minimum absolute atomic E-state index is 0.133. The summed E-state index contributed by atoms with van der Waals surface area (Å²) < 4.78 is 0.907. The molecule has 0 radical (unpaired) electrons. The van der Waals surface area contributed by atoms with Crippen LogP contribution < -0.4 is 0 Å². The summed E-state index contributed by atoms with van der Waals surface area (Å²) in [5.41, 5.74) is 2.52. The van der Waals surface area contributed by atoms with E-state index in [0.717, 1.165) is 28.7 Å². The van der Waals surface area contributed by atoms with Crippen LogP contribution in [0.1, 0.15) is 36.6 Å². The van der Waals surface area contributed by atoms with Gasteiger partial charge in [-0.3, -0.25) is 9.59 Å². The Morgan fingerprint density at radius 1 is 1.03 bits per heavy atom. The Balaban J connectivity index is 2.08. The van der Waals surface area contributed by atoms with E-state index in [9.17, 15) is 14.7 Å². The second kappa shape index (κ2) is 9.58. The molecule has 158 valence electrons. The zero-order valence-electron chi connectivity index (χ0n) is 17.6. The molecule has 0 aromatic heterocycles. The molecule has 1 atom stereocenters. The van der Waals surface area contributed by atoms with Gasteiger partial charge in [-0.15, -0.1) is 0 Å². The van der Waals surface area contributed by atoms with E-state index in [1.165, 1.54) is 0 Å². The molecule has 1 aliphatic rings. The molecule has 30 heavy (non-hydrogen) atoms. The van der Waals surface area contributed by atoms with Gasteiger partial charge in [0.2, 0.25) is 0 Å². The van der Waals surface area contributed by atoms with Gasteiger partial charge in [0.25, 0.3) is 11.7 Å². The number of ketones is 1. The summed E-state index contributed by atoms with van der Waals surface area (Å²) in [5, 5.41) is 11.0. The van der Waals surface area contributed by atoms with Crippen molar-refractivity contribution >= 4 is 33.4 Å². The Kier molecular flexibility index (Phi) is 7.10. The molecule has 0 aliphatic carbocycles. The van der Waals surface area contributed by atoms with Gasteiger partial charge in [0, 0.05) is 23.1 Å². The van der Waals surface area contributed by atoms with Crippen LogP contribution in [-0.4, -0.2) is 52.8 Å². The lowest BCUT2D eigenvalue weighted by Crippen LogP contribution is -2.38. The zero-order chi connectivity index (χ0) is 21.8. The average molecular weight is 471 g/mol. The molecule has 3 rings (SSSR count). The molecule has 6 heteroatoms. The van der Waals surface area contributed by atoms with Crippen molar-refractivity contribution in [2.75, 3.05) is 26.2 Å². The highest BCUT2D eigenvalue weighted by molar-refractivity contribution is 9.10. The van der Waals surface area contributed by atoms with E-state index in [1.807, 2.05) is 43.3 Å². The molecule has 1 saturated heterocycles. The van der Waals surface area contributed by atoms with Crippen molar-refractivity contribution in [1.29, 1.82) is 0 Å². The fourth-order valence-electron chi connectivity index (χ4n) is 3.76. The fourth-order valence-corrected chi connectivity index (χ4v) is 4.02. The molecule has 1 heterocycles. The van der Waals surface area contributed by atoms with Crippen molar-refractivity contribution in [3.05, 3.63) is 75.3 Å². The number of hydrogen-bond acceptors (Lipinski definition) is 4. The standard InChI is InChI=1S/C24H27BrN2O3/c1-4-26(5-2)14-15-27-21(17-10-12-19(25)13-11-17)20(23(29)24(27)30)22(28)18-8-6-16(3)7-9-18/h6-13,21,28H,4-5,14-15H2,1-3H3/b22-20+/t21-/m0/s1. The van der Waals surface area contributed by atoms with Crippen LogP contribution in [0.15, 0.2) is 58.6 Å². The second-order valence-corrected chi connectivity index (χ2v) is 8.35. The van der Waals surface area contributed by atoms with Crippen LogP contribution in [0.5, 0.6) is 0 Å². The van der Waals surface area contributed by atoms with Crippen LogP contribution in [0.4, 0.5) is 0 Å². The van der Waals surface area contributed by atoms with Crippen LogP contribution in [-0.2, 0) is 9.59 Å². The normalized spacial score (nSPS) is 18.4. The summed E-state index contributed by atoms with van der Waals surface area (Å²) in [7, 11) is 0. The van der Waals surface area contributed by atoms with E-state index in [4.69, 9.17) is 0 Å². The van der Waals surface area contributed by atoms with Gasteiger partial charge in [-0.2, -0.15) is 0 Å². The van der Waals surface area contributed by atoms with Gasteiger partial charge >= 0.3 is 0 Å². The smallest absolute Gasteiger partial charge is 0.295 e. The number of nitrogens with zero attached hydrogens (tertiary/aromatic N) is 2. The van der Waals surface area contributed by atoms with Crippen LogP contribution in [0, 0.1) is 6.92 Å². The van der Waals surface area contributed by atoms with E-state index in [0.29, 0.717) is 18.7 Å². The third-order valence-corrected chi connectivity index (χ3v) is 6.13. The number of aliphatic hydroxyl groups excluding tert-OH is 1. The van der Waals surface area contributed by atoms with Crippen molar-refractivity contribution in [3.8, 4) is 0 Å². The topological polar surface area (TPSA) is 60.9 Å². The number of Topliss-reactive ketones (excluding diaryl/α,β-unsaturated/α-hetero) is 1. The van der Waals surface area contributed by atoms with Gasteiger partial charge < -0.3 is 14.9 Å². The molecule has 1 amide bonds. The van der Waals surface area contributed by atoms with E-state index in [1.54, 1.807) is 17.0 Å². The van der Waals surface area contributed by atoms with Crippen molar-refractivity contribution in [3.63, 3.8) is 0 Å². The van der Waals surface area contributed by atoms with E-state index in [-0.39, 0.29) is 11.3 Å². The molecule has 5 nitrogen and oxygen atoms in total. The summed E-state index contributed by atoms with van der Waals surface area (Å²) in [5.74, 6) is -1.34. The molecule has 2 aromatic carbocycles. The number of carbonyl (C=O) groups is 2. The second-order valence-electron chi connectivity index (χ2n) is 7.44. The predicted octanol–water partition coefficient (Wildman–Crippen LogP) is 4.52. The quantitative estimate of drug-likeness (QED) is 0.367. The third kappa shape index (κ3) is 4.50. The molecule has 0 bridgehead atoms. The molecule has 1 fully saturated rings. The number of amides is 1. The zero-order valence-corrected chi connectivity index (χ0v) is 19.1. The van der Waals surface area contributed by atoms with Crippen LogP contribution in [0.25, 0.3) is 5.76 Å². The predicted molar refractivity (Wildman–Crippen MR) is 122 cm³/mol. The van der Waals surface area contributed by atoms with Gasteiger partial charge in [0.1, 0.15) is 5.76 Å². The maximum atomic E-state index is 13.0. The highest BCUT2D eigenvalue weighted by Crippen LogP contribution is 2.39. The van der Waals surface area contributed by atoms with Gasteiger partial charge in [-0.05, 0) is 37.7 Å². The molecule has 2 aromatic rings. The number of aryl methyl sites for hydroxylation is 1. The van der Waals surface area contributed by atoms with Crippen molar-refractivity contribution in [2.45, 2.75) is 26.8 Å². The van der Waals surface area contributed by atoms with Gasteiger partial charge in [0.15, 0.2) is 0 Å². The van der Waals surface area contributed by atoms with E-state index >= 15 is 0 Å². The van der Waals surface area contributed by atoms with E-state index in [2.05, 4.69) is 34.7 Å². The summed E-state index contributed by atoms with van der Waals surface area (Å²) in [6.07, 6.45) is 0. The summed E-state index contributed by atoms with van der Waals surface area (Å²) in [4.78, 5) is 29.7. The van der Waals surface area contributed by atoms with Gasteiger partial charge in [-0.1, -0.05) is 71.7 Å². The van der Waals surface area contributed by atoms with E-state index < -0.39 is 17.7 Å². The maximum absolute atomic E-state index is 13.0. The van der Waals surface area contributed by atoms with Crippen molar-refractivity contribution in [1.82, 2.24) is 9.80 Å². The largest absolute Gasteiger partial charge is 0.507 e. The van der Waals surface area contributed by atoms with Crippen LogP contribution in [0.3, 0.4) is 0 Å². The Bertz CT molecular complexity index is 947. The van der Waals surface area contributed by atoms with Gasteiger partial charge in [-0.25, -0.2) is 0 Å². The first-order valence-electron chi connectivity index (χ1n) is 10.2. The molecule has 0 spiro atoms. The number of likely N-dealkylation sites (N-methyl/N-ethyl adjacent to an activating group) is 1. The third-order valence-electron chi connectivity index (χ3n) is 5.60. The number of likely N-dealkylation sites (tertiary alicyclic amines) is 1. The lowest BCUT2D eigenvalue weighted by molar-refractivity contribution is -0.140. The number of halogens is 1. The Labute approximate surface area is 186 Å². The lowest BCUT2D eigenvalue weighted by atomic mass is 9.95. The average Bonchev–Trinajstić information content (AvgIpc) is 3.00. The SMILES string of the molecule is CCN(CC)CCN1C(=O)C(=O)/C(=C(/O)c2ccc(C)cc2)[C@@H]1c1ccc(Br)cc1. The number of carbonyl (C=O) groups excluding carboxylic acids is 2. The first-order valence-corrected chi connectivity index (χ1v) is 11.0. The minimum atomic E-state index is -0.638. The first kappa shape index (κ1) is 22.2. The summed E-state index contributed by atoms with van der Waals surface area (Å²) >= 11 is 3.43. The first-order chi connectivity index (χ1) is 14.4. The maximum Gasteiger partial charge on any atom is 0.295 e. The Hall–Kier alpha value is -2.44. The van der Waals surface area contributed by atoms with Crippen molar-refractivity contribution < 1.29 is 14.7 Å². The molecule has 1 N–H and O–H groups in total. The highest BCUT2D eigenvalue weighted by Gasteiger charge is 2.45. The molecule has 0 unspecified atom stereocenters. The number of aliphatic hydroxyl groups is 1.